The standard InChI is InChI=1S/C24H19F2N3O2/c25-24(26)31-21-13-7-10-18(14-21)23(30)27-15-19-16-29(20-11-5-2-6-12-20)28-22(19)17-8-3-1-4-9-17/h1-14,16,24H,15H2,(H,27,30). The lowest BCUT2D eigenvalue weighted by molar-refractivity contribution is -0.0498. The van der Waals surface area contributed by atoms with Gasteiger partial charge in [-0.2, -0.15) is 13.9 Å². The Morgan fingerprint density at radius 1 is 0.968 bits per heavy atom. The highest BCUT2D eigenvalue weighted by Crippen LogP contribution is 2.24. The topological polar surface area (TPSA) is 56.2 Å². The fourth-order valence-corrected chi connectivity index (χ4v) is 3.18. The summed E-state index contributed by atoms with van der Waals surface area (Å²) in [6.45, 7) is -2.73. The minimum absolute atomic E-state index is 0.0653. The Hall–Kier alpha value is -4.00. The number of nitrogens with zero attached hydrogens (tertiary/aromatic N) is 2. The highest BCUT2D eigenvalue weighted by Gasteiger charge is 2.15. The van der Waals surface area contributed by atoms with Crippen LogP contribution < -0.4 is 10.1 Å². The summed E-state index contributed by atoms with van der Waals surface area (Å²) < 4.78 is 31.0. The lowest BCUT2D eigenvalue weighted by atomic mass is 10.1. The first kappa shape index (κ1) is 20.3. The van der Waals surface area contributed by atoms with E-state index in [-0.39, 0.29) is 17.9 Å². The number of halogens is 2. The summed E-state index contributed by atoms with van der Waals surface area (Å²) in [7, 11) is 0. The van der Waals surface area contributed by atoms with Crippen molar-refractivity contribution in [2.75, 3.05) is 0 Å². The van der Waals surface area contributed by atoms with E-state index in [0.717, 1.165) is 22.5 Å². The molecule has 1 heterocycles. The smallest absolute Gasteiger partial charge is 0.387 e. The van der Waals surface area contributed by atoms with Gasteiger partial charge in [0.1, 0.15) is 5.75 Å². The molecule has 5 nitrogen and oxygen atoms in total. The third kappa shape index (κ3) is 4.95. The monoisotopic (exact) mass is 419 g/mol. The van der Waals surface area contributed by atoms with Gasteiger partial charge in [-0.05, 0) is 30.3 Å². The minimum Gasteiger partial charge on any atom is -0.435 e. The Kier molecular flexibility index (Phi) is 6.03. The van der Waals surface area contributed by atoms with Crippen LogP contribution >= 0.6 is 0 Å². The summed E-state index contributed by atoms with van der Waals surface area (Å²) in [6, 6.07) is 25.0. The average Bonchev–Trinajstić information content (AvgIpc) is 3.23. The van der Waals surface area contributed by atoms with Crippen LogP contribution in [0.1, 0.15) is 15.9 Å². The molecule has 0 aliphatic rings. The number of benzene rings is 3. The van der Waals surface area contributed by atoms with Gasteiger partial charge in [0, 0.05) is 29.4 Å². The molecule has 0 aliphatic carbocycles. The predicted molar refractivity (Wildman–Crippen MR) is 113 cm³/mol. The van der Waals surface area contributed by atoms with E-state index in [1.165, 1.54) is 18.2 Å². The van der Waals surface area contributed by atoms with Gasteiger partial charge in [-0.3, -0.25) is 4.79 Å². The quantitative estimate of drug-likeness (QED) is 0.455. The van der Waals surface area contributed by atoms with Gasteiger partial charge >= 0.3 is 6.61 Å². The van der Waals surface area contributed by atoms with Crippen molar-refractivity contribution in [2.45, 2.75) is 13.2 Å². The fraction of sp³-hybridized carbons (Fsp3) is 0.0833. The molecule has 0 spiro atoms. The van der Waals surface area contributed by atoms with Crippen molar-refractivity contribution in [1.29, 1.82) is 0 Å². The molecule has 0 fully saturated rings. The number of amides is 1. The third-order valence-electron chi connectivity index (χ3n) is 4.62. The van der Waals surface area contributed by atoms with E-state index in [1.54, 1.807) is 10.7 Å². The molecule has 0 saturated heterocycles. The predicted octanol–water partition coefficient (Wildman–Crippen LogP) is 5.07. The van der Waals surface area contributed by atoms with Crippen LogP contribution in [-0.4, -0.2) is 22.3 Å². The maximum Gasteiger partial charge on any atom is 0.387 e. The summed E-state index contributed by atoms with van der Waals surface area (Å²) in [5.74, 6) is -0.462. The number of rotatable bonds is 7. The second-order valence-electron chi connectivity index (χ2n) is 6.74. The molecule has 156 valence electrons. The Morgan fingerprint density at radius 2 is 1.68 bits per heavy atom. The van der Waals surface area contributed by atoms with Gasteiger partial charge in [0.2, 0.25) is 0 Å². The van der Waals surface area contributed by atoms with Crippen LogP contribution in [0.3, 0.4) is 0 Å². The van der Waals surface area contributed by atoms with Crippen LogP contribution in [0.15, 0.2) is 91.1 Å². The molecule has 0 atom stereocenters. The van der Waals surface area contributed by atoms with E-state index in [9.17, 15) is 13.6 Å². The maximum atomic E-state index is 12.6. The molecular formula is C24H19F2N3O2. The molecule has 31 heavy (non-hydrogen) atoms. The van der Waals surface area contributed by atoms with Crippen LogP contribution in [-0.2, 0) is 6.54 Å². The summed E-state index contributed by atoms with van der Waals surface area (Å²) >= 11 is 0. The lowest BCUT2D eigenvalue weighted by Gasteiger charge is -2.08. The van der Waals surface area contributed by atoms with Crippen molar-refractivity contribution < 1.29 is 18.3 Å². The third-order valence-corrected chi connectivity index (χ3v) is 4.62. The first-order valence-corrected chi connectivity index (χ1v) is 9.62. The van der Waals surface area contributed by atoms with Crippen molar-refractivity contribution in [2.24, 2.45) is 0 Å². The molecule has 4 aromatic rings. The van der Waals surface area contributed by atoms with Gasteiger partial charge < -0.3 is 10.1 Å². The summed E-state index contributed by atoms with van der Waals surface area (Å²) in [5, 5.41) is 7.55. The Bertz CT molecular complexity index is 1160. The SMILES string of the molecule is O=C(NCc1cn(-c2ccccc2)nc1-c1ccccc1)c1cccc(OC(F)F)c1. The molecule has 3 aromatic carbocycles. The van der Waals surface area contributed by atoms with Crippen molar-refractivity contribution >= 4 is 5.91 Å². The van der Waals surface area contributed by atoms with Crippen LogP contribution in [0.25, 0.3) is 16.9 Å². The number of nitrogens with one attached hydrogen (secondary N) is 1. The van der Waals surface area contributed by atoms with Gasteiger partial charge in [-0.1, -0.05) is 54.6 Å². The number of hydrogen-bond donors (Lipinski definition) is 1. The highest BCUT2D eigenvalue weighted by molar-refractivity contribution is 5.94. The van der Waals surface area contributed by atoms with Crippen LogP contribution in [0.2, 0.25) is 0 Å². The Labute approximate surface area is 177 Å². The van der Waals surface area contributed by atoms with Crippen LogP contribution in [0, 0.1) is 0 Å². The summed E-state index contributed by atoms with van der Waals surface area (Å²) in [4.78, 5) is 12.6. The molecule has 0 aliphatic heterocycles. The molecule has 0 unspecified atom stereocenters. The van der Waals surface area contributed by atoms with Gasteiger partial charge in [-0.15, -0.1) is 0 Å². The van der Waals surface area contributed by atoms with Gasteiger partial charge in [0.05, 0.1) is 11.4 Å². The number of para-hydroxylation sites is 1. The fourth-order valence-electron chi connectivity index (χ4n) is 3.18. The molecular weight excluding hydrogens is 400 g/mol. The van der Waals surface area contributed by atoms with Crippen LogP contribution in [0.5, 0.6) is 5.75 Å². The molecule has 0 bridgehead atoms. The molecule has 1 aromatic heterocycles. The largest absolute Gasteiger partial charge is 0.435 e. The maximum absolute atomic E-state index is 12.6. The number of alkyl halides is 2. The van der Waals surface area contributed by atoms with Gasteiger partial charge in [0.15, 0.2) is 0 Å². The van der Waals surface area contributed by atoms with E-state index in [4.69, 9.17) is 5.10 Å². The lowest BCUT2D eigenvalue weighted by Crippen LogP contribution is -2.23. The molecule has 7 heteroatoms. The van der Waals surface area contributed by atoms with Crippen molar-refractivity contribution in [3.05, 3.63) is 102 Å². The number of aromatic nitrogens is 2. The molecule has 1 amide bonds. The van der Waals surface area contributed by atoms with E-state index < -0.39 is 12.5 Å². The zero-order chi connectivity index (χ0) is 21.6. The second kappa shape index (κ2) is 9.21. The highest BCUT2D eigenvalue weighted by atomic mass is 19.3. The second-order valence-corrected chi connectivity index (χ2v) is 6.74. The van der Waals surface area contributed by atoms with E-state index in [1.807, 2.05) is 66.9 Å². The van der Waals surface area contributed by atoms with E-state index in [0.29, 0.717) is 0 Å². The Morgan fingerprint density at radius 3 is 2.39 bits per heavy atom. The molecule has 1 N–H and O–H groups in total. The van der Waals surface area contributed by atoms with Crippen molar-refractivity contribution in [3.63, 3.8) is 0 Å². The number of carbonyl (C=O) groups is 1. The number of carbonyl (C=O) groups excluding carboxylic acids is 1. The molecule has 0 radical (unpaired) electrons. The van der Waals surface area contributed by atoms with Gasteiger partial charge in [0.25, 0.3) is 5.91 Å². The first-order chi connectivity index (χ1) is 15.1. The molecule has 4 rings (SSSR count). The minimum atomic E-state index is -2.95. The zero-order valence-corrected chi connectivity index (χ0v) is 16.4. The number of ether oxygens (including phenoxy) is 1. The Balaban J connectivity index is 1.58. The first-order valence-electron chi connectivity index (χ1n) is 9.62. The molecule has 0 saturated carbocycles. The summed E-state index contributed by atoms with van der Waals surface area (Å²) in [5.41, 5.74) is 3.63. The van der Waals surface area contributed by atoms with Crippen molar-refractivity contribution in [3.8, 4) is 22.7 Å². The van der Waals surface area contributed by atoms with E-state index in [2.05, 4.69) is 10.1 Å². The normalized spacial score (nSPS) is 10.8. The number of hydrogen-bond acceptors (Lipinski definition) is 3. The van der Waals surface area contributed by atoms with Crippen LogP contribution in [0.4, 0.5) is 8.78 Å². The summed E-state index contributed by atoms with van der Waals surface area (Å²) in [6.07, 6.45) is 1.87. The van der Waals surface area contributed by atoms with Gasteiger partial charge in [-0.25, -0.2) is 4.68 Å². The zero-order valence-electron chi connectivity index (χ0n) is 16.4. The average molecular weight is 419 g/mol. The van der Waals surface area contributed by atoms with Crippen molar-refractivity contribution in [1.82, 2.24) is 15.1 Å². The van der Waals surface area contributed by atoms with E-state index >= 15 is 0 Å².